The van der Waals surface area contributed by atoms with Gasteiger partial charge in [-0.1, -0.05) is 20.8 Å². The Bertz CT molecular complexity index is 108. The second-order valence-electron chi connectivity index (χ2n) is 3.92. The fraction of sp³-hybridized carbons (Fsp3) is 1.00. The van der Waals surface area contributed by atoms with Crippen LogP contribution in [0.4, 0.5) is 0 Å². The van der Waals surface area contributed by atoms with E-state index in [1.54, 1.807) is 0 Å². The molecule has 1 nitrogen and oxygen atoms in total. The average molecular weight is 155 g/mol. The van der Waals surface area contributed by atoms with Crippen LogP contribution in [0.25, 0.3) is 0 Å². The van der Waals surface area contributed by atoms with Crippen molar-refractivity contribution in [3.63, 3.8) is 0 Å². The Labute approximate surface area is 70.8 Å². The molecule has 1 fully saturated rings. The van der Waals surface area contributed by atoms with Crippen molar-refractivity contribution in [1.29, 1.82) is 0 Å². The van der Waals surface area contributed by atoms with E-state index in [-0.39, 0.29) is 0 Å². The van der Waals surface area contributed by atoms with E-state index in [1.165, 1.54) is 38.9 Å². The fourth-order valence-corrected chi connectivity index (χ4v) is 2.07. The lowest BCUT2D eigenvalue weighted by molar-refractivity contribution is -0.00545. The number of rotatable bonds is 4. The first-order valence-corrected chi connectivity index (χ1v) is 4.98. The molecule has 0 aromatic heterocycles. The Hall–Kier alpha value is -0.0400. The Kier molecular flexibility index (Phi) is 2.94. The van der Waals surface area contributed by atoms with Crippen molar-refractivity contribution in [3.8, 4) is 0 Å². The number of hydrogen-bond acceptors (Lipinski definition) is 1. The molecule has 0 bridgehead atoms. The summed E-state index contributed by atoms with van der Waals surface area (Å²) in [4.78, 5) is 2.58. The van der Waals surface area contributed by atoms with E-state index < -0.39 is 0 Å². The molecule has 1 heteroatoms. The predicted octanol–water partition coefficient (Wildman–Crippen LogP) is 2.52. The van der Waals surface area contributed by atoms with Crippen LogP contribution in [-0.2, 0) is 0 Å². The summed E-state index contributed by atoms with van der Waals surface area (Å²) in [6.07, 6.45) is 4.04. The summed E-state index contributed by atoms with van der Waals surface area (Å²) < 4.78 is 0. The van der Waals surface area contributed by atoms with Crippen molar-refractivity contribution in [2.75, 3.05) is 19.6 Å². The second kappa shape index (κ2) is 3.57. The molecule has 1 aliphatic rings. The standard InChI is InChI=1S/C10H21N/c1-4-7-11-8-10(5-2,6-3)9-11/h4-9H2,1-3H3. The summed E-state index contributed by atoms with van der Waals surface area (Å²) in [7, 11) is 0. The highest BCUT2D eigenvalue weighted by molar-refractivity contribution is 4.92. The fourth-order valence-electron chi connectivity index (χ4n) is 2.07. The molecule has 0 spiro atoms. The van der Waals surface area contributed by atoms with Crippen molar-refractivity contribution >= 4 is 0 Å². The topological polar surface area (TPSA) is 3.24 Å². The molecule has 0 aromatic carbocycles. The van der Waals surface area contributed by atoms with Crippen LogP contribution in [0.2, 0.25) is 0 Å². The first kappa shape index (κ1) is 9.05. The second-order valence-corrected chi connectivity index (χ2v) is 3.92. The zero-order valence-corrected chi connectivity index (χ0v) is 8.19. The normalized spacial score (nSPS) is 23.2. The van der Waals surface area contributed by atoms with Gasteiger partial charge in [-0.25, -0.2) is 0 Å². The van der Waals surface area contributed by atoms with Gasteiger partial charge in [-0.3, -0.25) is 0 Å². The van der Waals surface area contributed by atoms with Crippen molar-refractivity contribution in [1.82, 2.24) is 4.90 Å². The molecule has 1 heterocycles. The van der Waals surface area contributed by atoms with Crippen molar-refractivity contribution in [3.05, 3.63) is 0 Å². The van der Waals surface area contributed by atoms with E-state index >= 15 is 0 Å². The minimum absolute atomic E-state index is 0.704. The third-order valence-corrected chi connectivity index (χ3v) is 3.16. The maximum absolute atomic E-state index is 2.58. The van der Waals surface area contributed by atoms with E-state index in [2.05, 4.69) is 25.7 Å². The van der Waals surface area contributed by atoms with Gasteiger partial charge < -0.3 is 4.90 Å². The molecule has 0 unspecified atom stereocenters. The SMILES string of the molecule is CCCN1CC(CC)(CC)C1. The highest BCUT2D eigenvalue weighted by Crippen LogP contribution is 2.36. The quantitative estimate of drug-likeness (QED) is 0.603. The zero-order chi connectivity index (χ0) is 8.32. The molecular formula is C10H21N. The van der Waals surface area contributed by atoms with Crippen LogP contribution in [0, 0.1) is 5.41 Å². The van der Waals surface area contributed by atoms with E-state index in [4.69, 9.17) is 0 Å². The van der Waals surface area contributed by atoms with Crippen LogP contribution < -0.4 is 0 Å². The molecular weight excluding hydrogens is 134 g/mol. The molecule has 66 valence electrons. The molecule has 0 radical (unpaired) electrons. The van der Waals surface area contributed by atoms with Gasteiger partial charge in [0.1, 0.15) is 0 Å². The van der Waals surface area contributed by atoms with Gasteiger partial charge >= 0.3 is 0 Å². The van der Waals surface area contributed by atoms with Gasteiger partial charge in [0.2, 0.25) is 0 Å². The Balaban J connectivity index is 2.24. The van der Waals surface area contributed by atoms with Crippen LogP contribution in [0.5, 0.6) is 0 Å². The van der Waals surface area contributed by atoms with Gasteiger partial charge in [0.05, 0.1) is 0 Å². The average Bonchev–Trinajstić information content (AvgIpc) is 1.96. The predicted molar refractivity (Wildman–Crippen MR) is 49.7 cm³/mol. The maximum atomic E-state index is 2.58. The third-order valence-electron chi connectivity index (χ3n) is 3.16. The van der Waals surface area contributed by atoms with Crippen molar-refractivity contribution < 1.29 is 0 Å². The minimum Gasteiger partial charge on any atom is -0.302 e. The molecule has 1 aliphatic heterocycles. The molecule has 0 aliphatic carbocycles. The minimum atomic E-state index is 0.704. The Morgan fingerprint density at radius 3 is 2.00 bits per heavy atom. The number of nitrogens with zero attached hydrogens (tertiary/aromatic N) is 1. The van der Waals surface area contributed by atoms with Gasteiger partial charge in [-0.2, -0.15) is 0 Å². The van der Waals surface area contributed by atoms with E-state index in [0.717, 1.165) is 0 Å². The first-order chi connectivity index (χ1) is 5.26. The molecule has 0 aromatic rings. The highest BCUT2D eigenvalue weighted by Gasteiger charge is 2.38. The van der Waals surface area contributed by atoms with Gasteiger partial charge in [0, 0.05) is 13.1 Å². The Morgan fingerprint density at radius 1 is 1.09 bits per heavy atom. The first-order valence-electron chi connectivity index (χ1n) is 4.98. The molecule has 1 saturated heterocycles. The Morgan fingerprint density at radius 2 is 1.64 bits per heavy atom. The summed E-state index contributed by atoms with van der Waals surface area (Å²) in [5.74, 6) is 0. The molecule has 1 rings (SSSR count). The molecule has 0 saturated carbocycles. The summed E-state index contributed by atoms with van der Waals surface area (Å²) in [5.41, 5.74) is 0.704. The van der Waals surface area contributed by atoms with Crippen LogP contribution in [0.15, 0.2) is 0 Å². The smallest absolute Gasteiger partial charge is 0.00503 e. The molecule has 0 amide bonds. The maximum Gasteiger partial charge on any atom is 0.00503 e. The summed E-state index contributed by atoms with van der Waals surface area (Å²) in [5, 5.41) is 0. The number of hydrogen-bond donors (Lipinski definition) is 0. The van der Waals surface area contributed by atoms with Gasteiger partial charge in [0.15, 0.2) is 0 Å². The van der Waals surface area contributed by atoms with Gasteiger partial charge in [-0.05, 0) is 31.2 Å². The summed E-state index contributed by atoms with van der Waals surface area (Å²) >= 11 is 0. The van der Waals surface area contributed by atoms with Crippen LogP contribution in [0.1, 0.15) is 40.0 Å². The lowest BCUT2D eigenvalue weighted by Gasteiger charge is -2.50. The molecule has 0 N–H and O–H groups in total. The van der Waals surface area contributed by atoms with E-state index in [1.807, 2.05) is 0 Å². The van der Waals surface area contributed by atoms with Crippen molar-refractivity contribution in [2.24, 2.45) is 5.41 Å². The van der Waals surface area contributed by atoms with Gasteiger partial charge in [0.25, 0.3) is 0 Å². The van der Waals surface area contributed by atoms with E-state index in [9.17, 15) is 0 Å². The highest BCUT2D eigenvalue weighted by atomic mass is 15.2. The van der Waals surface area contributed by atoms with Crippen molar-refractivity contribution in [2.45, 2.75) is 40.0 Å². The molecule has 0 atom stereocenters. The number of likely N-dealkylation sites (tertiary alicyclic amines) is 1. The van der Waals surface area contributed by atoms with Crippen LogP contribution in [-0.4, -0.2) is 24.5 Å². The largest absolute Gasteiger partial charge is 0.302 e. The summed E-state index contributed by atoms with van der Waals surface area (Å²) in [6.45, 7) is 10.9. The molecule has 11 heavy (non-hydrogen) atoms. The van der Waals surface area contributed by atoms with Crippen LogP contribution in [0.3, 0.4) is 0 Å². The lowest BCUT2D eigenvalue weighted by atomic mass is 9.75. The van der Waals surface area contributed by atoms with E-state index in [0.29, 0.717) is 5.41 Å². The zero-order valence-electron chi connectivity index (χ0n) is 8.19. The lowest BCUT2D eigenvalue weighted by Crippen LogP contribution is -2.55. The monoisotopic (exact) mass is 155 g/mol. The van der Waals surface area contributed by atoms with Crippen LogP contribution >= 0.6 is 0 Å². The summed E-state index contributed by atoms with van der Waals surface area (Å²) in [6, 6.07) is 0. The third kappa shape index (κ3) is 1.76. The van der Waals surface area contributed by atoms with Gasteiger partial charge in [-0.15, -0.1) is 0 Å².